The highest BCUT2D eigenvalue weighted by atomic mass is 16.6. The Balaban J connectivity index is 1.59. The number of rotatable bonds is 5. The van der Waals surface area contributed by atoms with Gasteiger partial charge in [0.25, 0.3) is 0 Å². The summed E-state index contributed by atoms with van der Waals surface area (Å²) in [7, 11) is 0. The molecule has 0 saturated heterocycles. The minimum Gasteiger partial charge on any atom is -0.456 e. The first-order chi connectivity index (χ1) is 13.1. The Bertz CT molecular complexity index is 903. The van der Waals surface area contributed by atoms with Crippen molar-refractivity contribution in [3.63, 3.8) is 0 Å². The molecule has 148 valence electrons. The third-order valence-corrected chi connectivity index (χ3v) is 4.45. The van der Waals surface area contributed by atoms with Gasteiger partial charge in [0.05, 0.1) is 11.5 Å². The molecule has 8 nitrogen and oxygen atoms in total. The second-order valence-electron chi connectivity index (χ2n) is 7.86. The summed E-state index contributed by atoms with van der Waals surface area (Å²) in [6, 6.07) is 7.32. The van der Waals surface area contributed by atoms with E-state index in [2.05, 4.69) is 15.3 Å². The van der Waals surface area contributed by atoms with Crippen LogP contribution in [0, 0.1) is 0 Å². The zero-order chi connectivity index (χ0) is 20.5. The number of hydrogen-bond donors (Lipinski definition) is 3. The fourth-order valence-electron chi connectivity index (χ4n) is 3.21. The van der Waals surface area contributed by atoms with Gasteiger partial charge >= 0.3 is 5.97 Å². The van der Waals surface area contributed by atoms with Gasteiger partial charge in [-0.1, -0.05) is 12.1 Å². The topological polar surface area (TPSA) is 133 Å². The first-order valence-electron chi connectivity index (χ1n) is 9.20. The Labute approximate surface area is 163 Å². The summed E-state index contributed by atoms with van der Waals surface area (Å²) >= 11 is 0. The highest BCUT2D eigenvalue weighted by Crippen LogP contribution is 2.37. The number of aromatic nitrogens is 2. The third kappa shape index (κ3) is 4.39. The molecule has 0 spiro atoms. The number of nitrogens with zero attached hydrogens (tertiary/aromatic N) is 2. The van der Waals surface area contributed by atoms with Crippen LogP contribution in [0.15, 0.2) is 24.3 Å². The smallest absolute Gasteiger partial charge is 0.338 e. The summed E-state index contributed by atoms with van der Waals surface area (Å²) in [5.74, 6) is -0.164. The van der Waals surface area contributed by atoms with Gasteiger partial charge in [-0.25, -0.2) is 4.79 Å². The van der Waals surface area contributed by atoms with Crippen LogP contribution in [0.5, 0.6) is 0 Å². The highest BCUT2D eigenvalue weighted by Gasteiger charge is 2.34. The molecule has 2 aromatic rings. The van der Waals surface area contributed by atoms with E-state index in [-0.39, 0.29) is 29.6 Å². The van der Waals surface area contributed by atoms with Gasteiger partial charge in [-0.3, -0.25) is 4.79 Å². The molecule has 2 heterocycles. The van der Waals surface area contributed by atoms with E-state index >= 15 is 0 Å². The summed E-state index contributed by atoms with van der Waals surface area (Å²) in [5.41, 5.74) is 13.2. The minimum atomic E-state index is -0.524. The van der Waals surface area contributed by atoms with Crippen molar-refractivity contribution < 1.29 is 14.3 Å². The predicted molar refractivity (Wildman–Crippen MR) is 107 cm³/mol. The van der Waals surface area contributed by atoms with Crippen LogP contribution in [0.4, 0.5) is 17.6 Å². The number of hydrogen-bond acceptors (Lipinski definition) is 7. The number of nitrogens with two attached hydrogens (primary N) is 2. The van der Waals surface area contributed by atoms with Crippen LogP contribution >= 0.6 is 0 Å². The zero-order valence-electron chi connectivity index (χ0n) is 16.3. The van der Waals surface area contributed by atoms with Crippen LogP contribution in [0.3, 0.4) is 0 Å². The van der Waals surface area contributed by atoms with E-state index in [9.17, 15) is 9.59 Å². The quantitative estimate of drug-likeness (QED) is 0.676. The number of ether oxygens (including phenoxy) is 1. The molecule has 1 aromatic heterocycles. The van der Waals surface area contributed by atoms with Crippen molar-refractivity contribution in [2.24, 2.45) is 0 Å². The lowest BCUT2D eigenvalue weighted by molar-refractivity contribution is -0.117. The predicted octanol–water partition coefficient (Wildman–Crippen LogP) is 2.65. The van der Waals surface area contributed by atoms with E-state index in [0.717, 1.165) is 18.4 Å². The minimum absolute atomic E-state index is 0.0438. The van der Waals surface area contributed by atoms with Crippen molar-refractivity contribution in [2.45, 2.75) is 51.6 Å². The van der Waals surface area contributed by atoms with Gasteiger partial charge in [-0.2, -0.15) is 9.97 Å². The van der Waals surface area contributed by atoms with E-state index < -0.39 is 5.60 Å². The Hall–Kier alpha value is -3.16. The Morgan fingerprint density at radius 2 is 1.86 bits per heavy atom. The monoisotopic (exact) mass is 383 g/mol. The SMILES string of the molecule is CC(C)(C)OC(=O)c1ccc(CCCC2C(=O)Nc3nc(N)nc(N)c32)cc1. The van der Waals surface area contributed by atoms with E-state index in [1.807, 2.05) is 32.9 Å². The maximum absolute atomic E-state index is 12.2. The van der Waals surface area contributed by atoms with Crippen molar-refractivity contribution in [2.75, 3.05) is 16.8 Å². The summed E-state index contributed by atoms with van der Waals surface area (Å²) in [6.45, 7) is 5.51. The van der Waals surface area contributed by atoms with Crippen molar-refractivity contribution in [1.82, 2.24) is 9.97 Å². The average molecular weight is 383 g/mol. The number of nitrogens with one attached hydrogen (secondary N) is 1. The Morgan fingerprint density at radius 3 is 2.50 bits per heavy atom. The maximum Gasteiger partial charge on any atom is 0.338 e. The molecule has 1 aromatic carbocycles. The van der Waals surface area contributed by atoms with Gasteiger partial charge < -0.3 is 21.5 Å². The average Bonchev–Trinajstić information content (AvgIpc) is 2.89. The number of amides is 1. The number of anilines is 3. The van der Waals surface area contributed by atoms with Crippen LogP contribution in [-0.2, 0) is 16.0 Å². The van der Waals surface area contributed by atoms with Gasteiger partial charge in [0, 0.05) is 5.56 Å². The molecule has 0 bridgehead atoms. The number of carbonyl (C=O) groups is 2. The molecular weight excluding hydrogens is 358 g/mol. The molecule has 28 heavy (non-hydrogen) atoms. The molecule has 3 rings (SSSR count). The van der Waals surface area contributed by atoms with Crippen molar-refractivity contribution >= 4 is 29.5 Å². The molecule has 1 aliphatic heterocycles. The molecule has 0 fully saturated rings. The molecule has 1 aliphatic rings. The summed E-state index contributed by atoms with van der Waals surface area (Å²) in [4.78, 5) is 32.3. The van der Waals surface area contributed by atoms with Crippen LogP contribution < -0.4 is 16.8 Å². The van der Waals surface area contributed by atoms with Crippen molar-refractivity contribution in [1.29, 1.82) is 0 Å². The molecule has 1 amide bonds. The van der Waals surface area contributed by atoms with Gasteiger partial charge in [0.2, 0.25) is 11.9 Å². The third-order valence-electron chi connectivity index (χ3n) is 4.45. The van der Waals surface area contributed by atoms with Gasteiger partial charge in [-0.15, -0.1) is 0 Å². The number of aryl methyl sites for hydroxylation is 1. The van der Waals surface area contributed by atoms with Gasteiger partial charge in [-0.05, 0) is 57.7 Å². The number of nitrogen functional groups attached to an aromatic ring is 2. The summed E-state index contributed by atoms with van der Waals surface area (Å²) < 4.78 is 5.36. The van der Waals surface area contributed by atoms with Gasteiger partial charge in [0.15, 0.2) is 0 Å². The van der Waals surface area contributed by atoms with Crippen molar-refractivity contribution in [3.05, 3.63) is 41.0 Å². The fraction of sp³-hybridized carbons (Fsp3) is 0.400. The van der Waals surface area contributed by atoms with E-state index in [1.54, 1.807) is 12.1 Å². The Morgan fingerprint density at radius 1 is 1.18 bits per heavy atom. The number of esters is 1. The molecule has 8 heteroatoms. The van der Waals surface area contributed by atoms with E-state index in [4.69, 9.17) is 16.2 Å². The van der Waals surface area contributed by atoms with Crippen LogP contribution in [0.25, 0.3) is 0 Å². The second-order valence-corrected chi connectivity index (χ2v) is 7.86. The maximum atomic E-state index is 12.2. The highest BCUT2D eigenvalue weighted by molar-refractivity contribution is 6.03. The number of fused-ring (bicyclic) bond motifs is 1. The van der Waals surface area contributed by atoms with Crippen LogP contribution in [0.1, 0.15) is 61.0 Å². The molecule has 5 N–H and O–H groups in total. The molecule has 0 radical (unpaired) electrons. The first-order valence-corrected chi connectivity index (χ1v) is 9.20. The summed E-state index contributed by atoms with van der Waals surface area (Å²) in [5, 5.41) is 2.71. The molecule has 0 aliphatic carbocycles. The molecule has 1 atom stereocenters. The molecule has 1 unspecified atom stereocenters. The largest absolute Gasteiger partial charge is 0.456 e. The summed E-state index contributed by atoms with van der Waals surface area (Å²) in [6.07, 6.45) is 2.15. The number of benzene rings is 1. The standard InChI is InChI=1S/C20H25N5O3/c1-20(2,3)28-18(27)12-9-7-11(8-10-12)5-4-6-13-14-15(21)23-19(22)25-16(14)24-17(13)26/h7-10,13H,4-6H2,1-3H3,(H5,21,22,23,24,25,26). The van der Waals surface area contributed by atoms with Crippen molar-refractivity contribution in [3.8, 4) is 0 Å². The zero-order valence-corrected chi connectivity index (χ0v) is 16.3. The normalized spacial score (nSPS) is 15.8. The Kier molecular flexibility index (Phi) is 5.22. The lowest BCUT2D eigenvalue weighted by atomic mass is 9.94. The van der Waals surface area contributed by atoms with Gasteiger partial charge in [0.1, 0.15) is 17.2 Å². The second kappa shape index (κ2) is 7.46. The van der Waals surface area contributed by atoms with E-state index in [1.165, 1.54) is 0 Å². The number of carbonyl (C=O) groups excluding carboxylic acids is 2. The fourth-order valence-corrected chi connectivity index (χ4v) is 3.21. The van der Waals surface area contributed by atoms with Crippen LogP contribution in [0.2, 0.25) is 0 Å². The first kappa shape index (κ1) is 19.6. The lowest BCUT2D eigenvalue weighted by Crippen LogP contribution is -2.23. The molecular formula is C20H25N5O3. The van der Waals surface area contributed by atoms with E-state index in [0.29, 0.717) is 23.4 Å². The lowest BCUT2D eigenvalue weighted by Gasteiger charge is -2.19. The molecule has 0 saturated carbocycles. The van der Waals surface area contributed by atoms with Crippen LogP contribution in [-0.4, -0.2) is 27.4 Å².